The molecule has 1 aliphatic heterocycles. The van der Waals surface area contributed by atoms with E-state index in [0.29, 0.717) is 0 Å². The van der Waals surface area contributed by atoms with Gasteiger partial charge in [0.25, 0.3) is 0 Å². The highest BCUT2D eigenvalue weighted by molar-refractivity contribution is 7.91. The number of halogens is 1. The number of hydrogen-bond donors (Lipinski definition) is 0. The Morgan fingerprint density at radius 2 is 2.21 bits per heavy atom. The quantitative estimate of drug-likeness (QED) is 0.634. The maximum Gasteiger partial charge on any atom is 0.305 e. The number of carbonyl (C=O) groups is 1. The highest BCUT2D eigenvalue weighted by atomic mass is 32.2. The number of carbonyl (C=O) groups excluding carboxylic acids is 1. The lowest BCUT2D eigenvalue weighted by atomic mass is 9.97. The van der Waals surface area contributed by atoms with Gasteiger partial charge in [0.1, 0.15) is 6.17 Å². The molecule has 1 rings (SSSR count). The summed E-state index contributed by atoms with van der Waals surface area (Å²) in [4.78, 5) is 10.8. The second kappa shape index (κ2) is 4.25. The Kier molecular flexibility index (Phi) is 3.47. The van der Waals surface area contributed by atoms with Gasteiger partial charge in [-0.2, -0.15) is 0 Å². The molecule has 0 aromatic carbocycles. The van der Waals surface area contributed by atoms with Crippen molar-refractivity contribution in [3.8, 4) is 0 Å². The van der Waals surface area contributed by atoms with Crippen molar-refractivity contribution in [1.29, 1.82) is 0 Å². The Morgan fingerprint density at radius 3 is 2.71 bits per heavy atom. The summed E-state index contributed by atoms with van der Waals surface area (Å²) < 4.78 is 39.7. The normalized spacial score (nSPS) is 31.0. The van der Waals surface area contributed by atoms with Crippen molar-refractivity contribution in [3.05, 3.63) is 0 Å². The predicted octanol–water partition coefficient (Wildman–Crippen LogP) is 0.322. The molecule has 0 aromatic heterocycles. The highest BCUT2D eigenvalue weighted by Crippen LogP contribution is 2.25. The van der Waals surface area contributed by atoms with E-state index < -0.39 is 33.6 Å². The molecule has 0 bridgehead atoms. The van der Waals surface area contributed by atoms with Gasteiger partial charge in [-0.05, 0) is 6.42 Å². The fraction of sp³-hybridized carbons (Fsp3) is 0.875. The van der Waals surface area contributed by atoms with Crippen LogP contribution in [0.15, 0.2) is 0 Å². The van der Waals surface area contributed by atoms with Crippen LogP contribution in [-0.2, 0) is 19.4 Å². The minimum absolute atomic E-state index is 0.0327. The summed E-state index contributed by atoms with van der Waals surface area (Å²) in [6.45, 7) is 0. The standard InChI is InChI=1S/C8H13FO4S/c1-13-8(10)4-6-2-3-14(11,12)5-7(6)9/h6-7H,2-5H2,1H3/t6-,7-/m1/s1. The molecule has 4 nitrogen and oxygen atoms in total. The van der Waals surface area contributed by atoms with E-state index in [-0.39, 0.29) is 18.6 Å². The zero-order valence-electron chi connectivity index (χ0n) is 7.90. The van der Waals surface area contributed by atoms with E-state index in [1.807, 2.05) is 0 Å². The lowest BCUT2D eigenvalue weighted by Crippen LogP contribution is -2.35. The van der Waals surface area contributed by atoms with E-state index in [4.69, 9.17) is 0 Å². The lowest BCUT2D eigenvalue weighted by molar-refractivity contribution is -0.142. The highest BCUT2D eigenvalue weighted by Gasteiger charge is 2.34. The molecule has 14 heavy (non-hydrogen) atoms. The van der Waals surface area contributed by atoms with Crippen LogP contribution in [0.3, 0.4) is 0 Å². The minimum atomic E-state index is -3.23. The molecule has 0 aliphatic carbocycles. The SMILES string of the molecule is COC(=O)C[C@H]1CCS(=O)(=O)C[C@H]1F. The topological polar surface area (TPSA) is 60.4 Å². The Balaban J connectivity index is 2.54. The van der Waals surface area contributed by atoms with Crippen LogP contribution in [0.2, 0.25) is 0 Å². The van der Waals surface area contributed by atoms with E-state index >= 15 is 0 Å². The number of sulfone groups is 1. The molecule has 0 amide bonds. The largest absolute Gasteiger partial charge is 0.469 e. The fourth-order valence-corrected chi connectivity index (χ4v) is 3.09. The van der Waals surface area contributed by atoms with E-state index in [1.165, 1.54) is 7.11 Å². The van der Waals surface area contributed by atoms with Crippen molar-refractivity contribution in [1.82, 2.24) is 0 Å². The second-order valence-electron chi connectivity index (χ2n) is 3.46. The summed E-state index contributed by atoms with van der Waals surface area (Å²) in [5, 5.41) is 0. The minimum Gasteiger partial charge on any atom is -0.469 e. The molecule has 1 saturated heterocycles. The third kappa shape index (κ3) is 2.94. The van der Waals surface area contributed by atoms with Crippen molar-refractivity contribution in [2.24, 2.45) is 5.92 Å². The van der Waals surface area contributed by atoms with Crippen LogP contribution in [-0.4, -0.2) is 39.2 Å². The van der Waals surface area contributed by atoms with Gasteiger partial charge in [0, 0.05) is 5.92 Å². The molecule has 0 spiro atoms. The maximum atomic E-state index is 13.3. The summed E-state index contributed by atoms with van der Waals surface area (Å²) in [5.41, 5.74) is 0. The van der Waals surface area contributed by atoms with Crippen molar-refractivity contribution < 1.29 is 22.3 Å². The number of esters is 1. The molecule has 1 fully saturated rings. The van der Waals surface area contributed by atoms with Crippen LogP contribution in [0.4, 0.5) is 4.39 Å². The Hall–Kier alpha value is -0.650. The molecular weight excluding hydrogens is 211 g/mol. The fourth-order valence-electron chi connectivity index (χ4n) is 1.50. The van der Waals surface area contributed by atoms with Crippen molar-refractivity contribution >= 4 is 15.8 Å². The third-order valence-electron chi connectivity index (χ3n) is 2.38. The first kappa shape index (κ1) is 11.4. The van der Waals surface area contributed by atoms with Gasteiger partial charge < -0.3 is 4.74 Å². The molecule has 1 aliphatic rings. The number of hydrogen-bond acceptors (Lipinski definition) is 4. The molecule has 1 heterocycles. The predicted molar refractivity (Wildman–Crippen MR) is 48.3 cm³/mol. The monoisotopic (exact) mass is 224 g/mol. The molecular formula is C8H13FO4S. The Labute approximate surface area is 82.4 Å². The lowest BCUT2D eigenvalue weighted by Gasteiger charge is -2.24. The average Bonchev–Trinajstić information content (AvgIpc) is 2.09. The first-order chi connectivity index (χ1) is 6.44. The Morgan fingerprint density at radius 1 is 1.57 bits per heavy atom. The van der Waals surface area contributed by atoms with Crippen LogP contribution in [0, 0.1) is 5.92 Å². The first-order valence-corrected chi connectivity index (χ1v) is 6.18. The van der Waals surface area contributed by atoms with Gasteiger partial charge in [0.2, 0.25) is 0 Å². The Bertz CT molecular complexity index is 311. The van der Waals surface area contributed by atoms with Gasteiger partial charge >= 0.3 is 5.97 Å². The van der Waals surface area contributed by atoms with Crippen LogP contribution in [0.1, 0.15) is 12.8 Å². The summed E-state index contributed by atoms with van der Waals surface area (Å²) in [6, 6.07) is 0. The van der Waals surface area contributed by atoms with Gasteiger partial charge in [-0.1, -0.05) is 0 Å². The van der Waals surface area contributed by atoms with E-state index in [0.717, 1.165) is 0 Å². The molecule has 0 saturated carbocycles. The molecule has 6 heteroatoms. The molecule has 82 valence electrons. The smallest absolute Gasteiger partial charge is 0.305 e. The molecule has 0 N–H and O–H groups in total. The van der Waals surface area contributed by atoms with Crippen LogP contribution in [0.5, 0.6) is 0 Å². The van der Waals surface area contributed by atoms with Crippen molar-refractivity contribution in [3.63, 3.8) is 0 Å². The van der Waals surface area contributed by atoms with E-state index in [2.05, 4.69) is 4.74 Å². The van der Waals surface area contributed by atoms with Crippen LogP contribution >= 0.6 is 0 Å². The van der Waals surface area contributed by atoms with E-state index in [1.54, 1.807) is 0 Å². The van der Waals surface area contributed by atoms with Gasteiger partial charge in [0.15, 0.2) is 9.84 Å². The summed E-state index contributed by atoms with van der Waals surface area (Å²) in [5.74, 6) is -1.49. The first-order valence-electron chi connectivity index (χ1n) is 4.36. The number of methoxy groups -OCH3 is 1. The third-order valence-corrected chi connectivity index (χ3v) is 4.06. The molecule has 2 atom stereocenters. The van der Waals surface area contributed by atoms with Gasteiger partial charge in [-0.3, -0.25) is 4.79 Å². The molecule has 0 unspecified atom stereocenters. The van der Waals surface area contributed by atoms with Gasteiger partial charge in [-0.25, -0.2) is 12.8 Å². The zero-order valence-corrected chi connectivity index (χ0v) is 8.72. The molecule has 0 aromatic rings. The van der Waals surface area contributed by atoms with Crippen molar-refractivity contribution in [2.75, 3.05) is 18.6 Å². The number of rotatable bonds is 2. The van der Waals surface area contributed by atoms with Crippen LogP contribution in [0.25, 0.3) is 0 Å². The second-order valence-corrected chi connectivity index (χ2v) is 5.69. The average molecular weight is 224 g/mol. The maximum absolute atomic E-state index is 13.3. The molecule has 0 radical (unpaired) electrons. The van der Waals surface area contributed by atoms with Crippen molar-refractivity contribution in [2.45, 2.75) is 19.0 Å². The zero-order chi connectivity index (χ0) is 10.8. The summed E-state index contributed by atoms with van der Waals surface area (Å²) in [6.07, 6.45) is -1.26. The number of alkyl halides is 1. The van der Waals surface area contributed by atoms with Gasteiger partial charge in [0.05, 0.1) is 25.0 Å². The van der Waals surface area contributed by atoms with Crippen LogP contribution < -0.4 is 0 Å². The summed E-state index contributed by atoms with van der Waals surface area (Å²) in [7, 11) is -2.00. The van der Waals surface area contributed by atoms with E-state index in [9.17, 15) is 17.6 Å². The number of ether oxygens (including phenoxy) is 1. The summed E-state index contributed by atoms with van der Waals surface area (Å²) >= 11 is 0. The van der Waals surface area contributed by atoms with Gasteiger partial charge in [-0.15, -0.1) is 0 Å².